The molecule has 0 atom stereocenters. The summed E-state index contributed by atoms with van der Waals surface area (Å²) in [6.45, 7) is 6.05. The third-order valence-electron chi connectivity index (χ3n) is 2.80. The molecule has 1 aromatic carbocycles. The summed E-state index contributed by atoms with van der Waals surface area (Å²) in [4.78, 5) is 11.5. The van der Waals surface area contributed by atoms with E-state index in [4.69, 9.17) is 4.74 Å². The fraction of sp³-hybridized carbons (Fsp3) is 0.375. The molecule has 0 aliphatic rings. The van der Waals surface area contributed by atoms with E-state index in [2.05, 4.69) is 25.9 Å². The molecule has 23 heavy (non-hydrogen) atoms. The number of H-pyrrole nitrogens is 1. The van der Waals surface area contributed by atoms with Crippen LogP contribution in [0.2, 0.25) is 0 Å². The number of rotatable bonds is 5. The second-order valence-electron chi connectivity index (χ2n) is 5.98. The van der Waals surface area contributed by atoms with Gasteiger partial charge < -0.3 is 10.1 Å². The van der Waals surface area contributed by atoms with Gasteiger partial charge in [-0.1, -0.05) is 36.4 Å². The third-order valence-corrected chi connectivity index (χ3v) is 2.80. The van der Waals surface area contributed by atoms with Crippen molar-refractivity contribution in [2.75, 3.05) is 6.54 Å². The summed E-state index contributed by atoms with van der Waals surface area (Å²) in [6.07, 6.45) is 4.33. The lowest BCUT2D eigenvalue weighted by atomic mass is 10.1. The van der Waals surface area contributed by atoms with E-state index in [1.165, 1.54) is 0 Å². The lowest BCUT2D eigenvalue weighted by Gasteiger charge is -2.19. The van der Waals surface area contributed by atoms with E-state index < -0.39 is 11.7 Å². The molecular formula is C16H21N5O2. The topological polar surface area (TPSA) is 92.8 Å². The molecule has 1 amide bonds. The summed E-state index contributed by atoms with van der Waals surface area (Å²) in [5.41, 5.74) is 1.50. The molecule has 0 unspecified atom stereocenters. The van der Waals surface area contributed by atoms with Crippen LogP contribution in [0.25, 0.3) is 17.5 Å². The van der Waals surface area contributed by atoms with Gasteiger partial charge in [-0.3, -0.25) is 0 Å². The zero-order valence-electron chi connectivity index (χ0n) is 13.5. The highest BCUT2D eigenvalue weighted by atomic mass is 16.6. The highest BCUT2D eigenvalue weighted by Gasteiger charge is 2.15. The van der Waals surface area contributed by atoms with E-state index >= 15 is 0 Å². The van der Waals surface area contributed by atoms with Gasteiger partial charge >= 0.3 is 6.09 Å². The maximum absolute atomic E-state index is 11.5. The molecule has 0 aliphatic carbocycles. The molecule has 7 heteroatoms. The van der Waals surface area contributed by atoms with E-state index in [1.807, 2.05) is 57.2 Å². The Balaban J connectivity index is 1.75. The zero-order chi connectivity index (χ0) is 16.7. The molecule has 1 aromatic heterocycles. The molecule has 0 fully saturated rings. The normalized spacial score (nSPS) is 11.6. The predicted octanol–water partition coefficient (Wildman–Crippen LogP) is 2.79. The number of aromatic amines is 1. The molecule has 2 rings (SSSR count). The minimum Gasteiger partial charge on any atom is -0.444 e. The average Bonchev–Trinajstić information content (AvgIpc) is 3.00. The Morgan fingerprint density at radius 2 is 2.04 bits per heavy atom. The van der Waals surface area contributed by atoms with Gasteiger partial charge in [0.25, 0.3) is 0 Å². The molecule has 122 valence electrons. The monoisotopic (exact) mass is 315 g/mol. The maximum Gasteiger partial charge on any atom is 0.407 e. The van der Waals surface area contributed by atoms with Crippen LogP contribution in [-0.4, -0.2) is 38.9 Å². The predicted molar refractivity (Wildman–Crippen MR) is 87.5 cm³/mol. The lowest BCUT2D eigenvalue weighted by Crippen LogP contribution is -2.32. The van der Waals surface area contributed by atoms with Gasteiger partial charge in [-0.2, -0.15) is 5.21 Å². The Morgan fingerprint density at radius 1 is 1.30 bits per heavy atom. The standard InChI is InChI=1S/C16H21N5O2/c1-16(2,3)23-15(22)17-11-5-4-6-12-7-9-13(10-8-12)14-18-20-21-19-14/h4,6-10H,5,11H2,1-3H3,(H,17,22)(H,18,19,20,21). The van der Waals surface area contributed by atoms with Gasteiger partial charge in [0.05, 0.1) is 0 Å². The molecule has 0 saturated carbocycles. The first-order valence-corrected chi connectivity index (χ1v) is 7.41. The van der Waals surface area contributed by atoms with Crippen molar-refractivity contribution in [3.63, 3.8) is 0 Å². The minimum absolute atomic E-state index is 0.393. The van der Waals surface area contributed by atoms with E-state index in [1.54, 1.807) is 0 Å². The van der Waals surface area contributed by atoms with Gasteiger partial charge in [0.2, 0.25) is 5.82 Å². The van der Waals surface area contributed by atoms with Gasteiger partial charge in [0.1, 0.15) is 5.60 Å². The van der Waals surface area contributed by atoms with E-state index in [-0.39, 0.29) is 0 Å². The smallest absolute Gasteiger partial charge is 0.407 e. The molecular weight excluding hydrogens is 294 g/mol. The van der Waals surface area contributed by atoms with Gasteiger partial charge in [0.15, 0.2) is 0 Å². The molecule has 0 spiro atoms. The number of nitrogens with zero attached hydrogens (tertiary/aromatic N) is 3. The first-order valence-electron chi connectivity index (χ1n) is 7.41. The zero-order valence-corrected chi connectivity index (χ0v) is 13.5. The number of hydrogen-bond acceptors (Lipinski definition) is 5. The summed E-state index contributed by atoms with van der Waals surface area (Å²) >= 11 is 0. The molecule has 1 heterocycles. The Hall–Kier alpha value is -2.70. The molecule has 0 radical (unpaired) electrons. The van der Waals surface area contributed by atoms with E-state index in [9.17, 15) is 4.79 Å². The Kier molecular flexibility index (Phi) is 5.46. The number of nitrogens with one attached hydrogen (secondary N) is 2. The fourth-order valence-corrected chi connectivity index (χ4v) is 1.82. The highest BCUT2D eigenvalue weighted by molar-refractivity contribution is 5.67. The average molecular weight is 315 g/mol. The highest BCUT2D eigenvalue weighted by Crippen LogP contribution is 2.14. The summed E-state index contributed by atoms with van der Waals surface area (Å²) in [6, 6.07) is 7.82. The number of carbonyl (C=O) groups excluding carboxylic acids is 1. The van der Waals surface area contributed by atoms with Crippen molar-refractivity contribution in [3.8, 4) is 11.4 Å². The third kappa shape index (κ3) is 5.90. The van der Waals surface area contributed by atoms with Crippen LogP contribution in [0.1, 0.15) is 32.8 Å². The van der Waals surface area contributed by atoms with Gasteiger partial charge in [-0.05, 0) is 38.0 Å². The van der Waals surface area contributed by atoms with Crippen LogP contribution in [0.5, 0.6) is 0 Å². The Bertz CT molecular complexity index is 642. The van der Waals surface area contributed by atoms with E-state index in [0.29, 0.717) is 12.4 Å². The Labute approximate surface area is 135 Å². The summed E-state index contributed by atoms with van der Waals surface area (Å²) in [5, 5.41) is 16.5. The summed E-state index contributed by atoms with van der Waals surface area (Å²) < 4.78 is 5.16. The van der Waals surface area contributed by atoms with Crippen LogP contribution in [0.3, 0.4) is 0 Å². The number of amides is 1. The first-order chi connectivity index (χ1) is 10.9. The van der Waals surface area contributed by atoms with Crippen molar-refractivity contribution >= 4 is 12.2 Å². The number of alkyl carbamates (subject to hydrolysis) is 1. The van der Waals surface area contributed by atoms with Crippen LogP contribution in [0.4, 0.5) is 4.79 Å². The maximum atomic E-state index is 11.5. The largest absolute Gasteiger partial charge is 0.444 e. The Morgan fingerprint density at radius 3 is 2.65 bits per heavy atom. The molecule has 7 nitrogen and oxygen atoms in total. The quantitative estimate of drug-likeness (QED) is 0.828. The number of benzene rings is 1. The van der Waals surface area contributed by atoms with Crippen LogP contribution in [0.15, 0.2) is 30.3 Å². The number of carbonyl (C=O) groups is 1. The van der Waals surface area contributed by atoms with Gasteiger partial charge in [-0.15, -0.1) is 10.2 Å². The molecule has 2 aromatic rings. The second kappa shape index (κ2) is 7.53. The van der Waals surface area contributed by atoms with Crippen LogP contribution < -0.4 is 5.32 Å². The number of tetrazole rings is 1. The van der Waals surface area contributed by atoms with Crippen molar-refractivity contribution < 1.29 is 9.53 Å². The number of hydrogen-bond donors (Lipinski definition) is 2. The fourth-order valence-electron chi connectivity index (χ4n) is 1.82. The summed E-state index contributed by atoms with van der Waals surface area (Å²) in [5.74, 6) is 0.571. The van der Waals surface area contributed by atoms with Crippen LogP contribution in [-0.2, 0) is 4.74 Å². The van der Waals surface area contributed by atoms with Gasteiger partial charge in [-0.25, -0.2) is 4.79 Å². The molecule has 0 aliphatic heterocycles. The van der Waals surface area contributed by atoms with E-state index in [0.717, 1.165) is 17.5 Å². The van der Waals surface area contributed by atoms with Crippen molar-refractivity contribution in [2.45, 2.75) is 32.8 Å². The van der Waals surface area contributed by atoms with Gasteiger partial charge in [0, 0.05) is 12.1 Å². The first kappa shape index (κ1) is 16.7. The van der Waals surface area contributed by atoms with Crippen LogP contribution >= 0.6 is 0 Å². The summed E-state index contributed by atoms with van der Waals surface area (Å²) in [7, 11) is 0. The van der Waals surface area contributed by atoms with Crippen molar-refractivity contribution in [3.05, 3.63) is 35.9 Å². The van der Waals surface area contributed by atoms with Crippen LogP contribution in [0, 0.1) is 0 Å². The molecule has 0 bridgehead atoms. The second-order valence-corrected chi connectivity index (χ2v) is 5.98. The SMILES string of the molecule is CC(C)(C)OC(=O)NCCC=Cc1ccc(-c2nn[nH]n2)cc1. The lowest BCUT2D eigenvalue weighted by molar-refractivity contribution is 0.0529. The minimum atomic E-state index is -0.472. The number of ether oxygens (including phenoxy) is 1. The number of aromatic nitrogens is 4. The van der Waals surface area contributed by atoms with Crippen molar-refractivity contribution in [1.82, 2.24) is 25.9 Å². The molecule has 0 saturated heterocycles. The van der Waals surface area contributed by atoms with Crippen molar-refractivity contribution in [1.29, 1.82) is 0 Å². The van der Waals surface area contributed by atoms with Crippen molar-refractivity contribution in [2.24, 2.45) is 0 Å². The molecule has 2 N–H and O–H groups in total.